The lowest BCUT2D eigenvalue weighted by molar-refractivity contribution is -0.141. The number of carbonyl (C=O) groups excluding carboxylic acids is 2. The van der Waals surface area contributed by atoms with Crippen LogP contribution in [-0.2, 0) is 28.7 Å². The molecule has 1 aliphatic heterocycles. The van der Waals surface area contributed by atoms with Crippen LogP contribution in [0.15, 0.2) is 114 Å². The monoisotopic (exact) mass is 641 g/mol. The summed E-state index contributed by atoms with van der Waals surface area (Å²) in [5.41, 5.74) is 4.92. The zero-order valence-electron chi connectivity index (χ0n) is 27.4. The highest BCUT2D eigenvalue weighted by molar-refractivity contribution is 6.12. The number of rotatable bonds is 13. The van der Waals surface area contributed by atoms with E-state index in [1.807, 2.05) is 103 Å². The summed E-state index contributed by atoms with van der Waals surface area (Å²) in [7, 11) is 4.49. The van der Waals surface area contributed by atoms with Gasteiger partial charge in [-0.3, -0.25) is 14.6 Å². The number of ether oxygens (including phenoxy) is 2. The maximum absolute atomic E-state index is 11.6. The first-order valence-corrected chi connectivity index (χ1v) is 15.3. The Morgan fingerprint density at radius 1 is 0.894 bits per heavy atom. The molecular formula is C37H43N3O7. The topological polar surface area (TPSA) is 118 Å². The van der Waals surface area contributed by atoms with Gasteiger partial charge in [0.2, 0.25) is 0 Å². The number of esters is 2. The van der Waals surface area contributed by atoms with Crippen molar-refractivity contribution in [1.82, 2.24) is 9.80 Å². The fraction of sp³-hybridized carbons (Fsp3) is 0.297. The molecule has 0 amide bonds. The van der Waals surface area contributed by atoms with Gasteiger partial charge in [-0.15, -0.1) is 0 Å². The van der Waals surface area contributed by atoms with Gasteiger partial charge < -0.3 is 19.4 Å². The van der Waals surface area contributed by atoms with Crippen molar-refractivity contribution in [2.24, 2.45) is 5.16 Å². The zero-order chi connectivity index (χ0) is 34.0. The second kappa shape index (κ2) is 19.5. The second-order valence-electron chi connectivity index (χ2n) is 10.8. The number of carbonyl (C=O) groups is 3. The molecule has 1 aliphatic rings. The molecule has 3 aromatic carbocycles. The van der Waals surface area contributed by atoms with E-state index in [4.69, 9.17) is 14.7 Å². The van der Waals surface area contributed by atoms with E-state index in [0.717, 1.165) is 40.9 Å². The molecule has 0 fully saturated rings. The van der Waals surface area contributed by atoms with Crippen molar-refractivity contribution in [1.29, 1.82) is 0 Å². The Morgan fingerprint density at radius 3 is 1.96 bits per heavy atom. The van der Waals surface area contributed by atoms with Gasteiger partial charge in [0.1, 0.15) is 12.3 Å². The molecule has 1 heterocycles. The number of hydrogen-bond donors (Lipinski definition) is 1. The number of benzene rings is 3. The highest BCUT2D eigenvalue weighted by atomic mass is 16.6. The summed E-state index contributed by atoms with van der Waals surface area (Å²) in [6.45, 7) is 4.41. The Kier molecular flexibility index (Phi) is 15.1. The predicted octanol–water partition coefficient (Wildman–Crippen LogP) is 4.91. The first-order chi connectivity index (χ1) is 22.7. The Hall–Kier alpha value is -5.06. The van der Waals surface area contributed by atoms with Crippen molar-refractivity contribution in [3.63, 3.8) is 0 Å². The Labute approximate surface area is 276 Å². The maximum atomic E-state index is 11.6. The standard InChI is InChI=1S/C21H22N2O3.C16H21NO4/c24-21(25)19-12-7-13-23(16-19)14-15-26-22-20(17-8-3-1-4-9-17)18-10-5-2-6-11-18;1-12(17(2)11-16(19)21-4)14(10-15(18)20-3)13-8-6-5-7-9-13/h1-6,8-12H,7,13-16H2,(H,24,25);5-10,12H,11H2,1-4H3/b;14-10+. The molecule has 0 aliphatic carbocycles. The SMILES string of the molecule is COC(=O)/C=C(/c1ccccc1)C(C)N(C)CC(=O)OC.O=C(O)C1=CCCN(CCON=C(c2ccccc2)c2ccccc2)C1. The molecule has 1 atom stereocenters. The molecule has 0 radical (unpaired) electrons. The van der Waals surface area contributed by atoms with E-state index in [1.165, 1.54) is 20.3 Å². The van der Waals surface area contributed by atoms with E-state index >= 15 is 0 Å². The Morgan fingerprint density at radius 2 is 1.45 bits per heavy atom. The molecule has 0 spiro atoms. The van der Waals surface area contributed by atoms with Crippen LogP contribution in [0, 0.1) is 0 Å². The lowest BCUT2D eigenvalue weighted by Gasteiger charge is -2.26. The van der Waals surface area contributed by atoms with Gasteiger partial charge in [-0.1, -0.05) is 102 Å². The molecule has 0 aromatic heterocycles. The first kappa shape index (κ1) is 36.4. The fourth-order valence-corrected chi connectivity index (χ4v) is 4.80. The van der Waals surface area contributed by atoms with Crippen molar-refractivity contribution >= 4 is 29.2 Å². The molecule has 10 heteroatoms. The van der Waals surface area contributed by atoms with Crippen LogP contribution in [0.1, 0.15) is 30.0 Å². The average Bonchev–Trinajstić information content (AvgIpc) is 3.11. The largest absolute Gasteiger partial charge is 0.478 e. The summed E-state index contributed by atoms with van der Waals surface area (Å²) in [5.74, 6) is -1.59. The summed E-state index contributed by atoms with van der Waals surface area (Å²) in [6, 6.07) is 29.2. The lowest BCUT2D eigenvalue weighted by atomic mass is 9.98. The number of carboxylic acids is 1. The number of hydrogen-bond acceptors (Lipinski definition) is 9. The summed E-state index contributed by atoms with van der Waals surface area (Å²) in [6.07, 6.45) is 4.00. The zero-order valence-corrected chi connectivity index (χ0v) is 27.4. The number of carboxylic acid groups (broad SMARTS) is 1. The molecule has 3 aromatic rings. The van der Waals surface area contributed by atoms with E-state index < -0.39 is 11.9 Å². The van der Waals surface area contributed by atoms with Gasteiger partial charge in [-0.25, -0.2) is 9.59 Å². The van der Waals surface area contributed by atoms with Gasteiger partial charge in [-0.2, -0.15) is 0 Å². The minimum atomic E-state index is -0.843. The molecule has 0 bridgehead atoms. The molecule has 1 N–H and O–H groups in total. The number of likely N-dealkylation sites (N-methyl/N-ethyl adjacent to an activating group) is 1. The van der Waals surface area contributed by atoms with Crippen LogP contribution < -0.4 is 0 Å². The summed E-state index contributed by atoms with van der Waals surface area (Å²) in [4.78, 5) is 43.5. The number of nitrogens with zero attached hydrogens (tertiary/aromatic N) is 3. The molecule has 0 saturated carbocycles. The van der Waals surface area contributed by atoms with E-state index in [9.17, 15) is 14.4 Å². The number of aliphatic carboxylic acids is 1. The highest BCUT2D eigenvalue weighted by Gasteiger charge is 2.20. The third-order valence-corrected chi connectivity index (χ3v) is 7.55. The van der Waals surface area contributed by atoms with Gasteiger partial charge >= 0.3 is 17.9 Å². The summed E-state index contributed by atoms with van der Waals surface area (Å²) in [5, 5.41) is 13.5. The molecule has 1 unspecified atom stereocenters. The van der Waals surface area contributed by atoms with Crippen molar-refractivity contribution in [3.8, 4) is 0 Å². The van der Waals surface area contributed by atoms with Gasteiger partial charge in [0, 0.05) is 48.5 Å². The maximum Gasteiger partial charge on any atom is 0.332 e. The smallest absolute Gasteiger partial charge is 0.332 e. The van der Waals surface area contributed by atoms with Crippen molar-refractivity contribution < 1.29 is 33.8 Å². The van der Waals surface area contributed by atoms with Crippen LogP contribution in [0.25, 0.3) is 5.57 Å². The summed E-state index contributed by atoms with van der Waals surface area (Å²) >= 11 is 0. The lowest BCUT2D eigenvalue weighted by Crippen LogP contribution is -2.35. The van der Waals surface area contributed by atoms with Gasteiger partial charge in [-0.05, 0) is 31.5 Å². The second-order valence-corrected chi connectivity index (χ2v) is 10.8. The van der Waals surface area contributed by atoms with Gasteiger partial charge in [0.15, 0.2) is 0 Å². The average molecular weight is 642 g/mol. The van der Waals surface area contributed by atoms with Crippen LogP contribution in [0.4, 0.5) is 0 Å². The van der Waals surface area contributed by atoms with E-state index in [0.29, 0.717) is 25.3 Å². The highest BCUT2D eigenvalue weighted by Crippen LogP contribution is 2.22. The molecule has 248 valence electrons. The minimum absolute atomic E-state index is 0.142. The van der Waals surface area contributed by atoms with E-state index in [-0.39, 0.29) is 18.6 Å². The predicted molar refractivity (Wildman–Crippen MR) is 182 cm³/mol. The molecule has 4 rings (SSSR count). The van der Waals surface area contributed by atoms with E-state index in [1.54, 1.807) is 13.1 Å². The molecule has 47 heavy (non-hydrogen) atoms. The minimum Gasteiger partial charge on any atom is -0.478 e. The molecule has 0 saturated heterocycles. The van der Waals surface area contributed by atoms with Crippen LogP contribution in [-0.4, -0.2) is 98.6 Å². The van der Waals surface area contributed by atoms with Crippen LogP contribution >= 0.6 is 0 Å². The summed E-state index contributed by atoms with van der Waals surface area (Å²) < 4.78 is 9.38. The number of methoxy groups -OCH3 is 2. The Balaban J connectivity index is 0.000000262. The van der Waals surface area contributed by atoms with Gasteiger partial charge in [0.05, 0.1) is 20.8 Å². The Bertz CT molecular complexity index is 1480. The third kappa shape index (κ3) is 12.0. The third-order valence-electron chi connectivity index (χ3n) is 7.55. The van der Waals surface area contributed by atoms with Crippen LogP contribution in [0.2, 0.25) is 0 Å². The first-order valence-electron chi connectivity index (χ1n) is 15.3. The van der Waals surface area contributed by atoms with Crippen LogP contribution in [0.3, 0.4) is 0 Å². The van der Waals surface area contributed by atoms with Crippen molar-refractivity contribution in [2.45, 2.75) is 19.4 Å². The quantitative estimate of drug-likeness (QED) is 0.0914. The molecule has 10 nitrogen and oxygen atoms in total. The van der Waals surface area contributed by atoms with Gasteiger partial charge in [0.25, 0.3) is 0 Å². The normalized spacial score (nSPS) is 13.7. The van der Waals surface area contributed by atoms with E-state index in [2.05, 4.69) is 14.8 Å². The van der Waals surface area contributed by atoms with Crippen molar-refractivity contribution in [2.75, 3.05) is 54.1 Å². The fourth-order valence-electron chi connectivity index (χ4n) is 4.80. The van der Waals surface area contributed by atoms with Crippen molar-refractivity contribution in [3.05, 3.63) is 125 Å². The molecular weight excluding hydrogens is 598 g/mol. The number of oxime groups is 1. The van der Waals surface area contributed by atoms with Crippen LogP contribution in [0.5, 0.6) is 0 Å².